The maximum atomic E-state index is 11.6. The molecule has 10 nitrogen and oxygen atoms in total. The van der Waals surface area contributed by atoms with E-state index in [-0.39, 0.29) is 6.04 Å². The Labute approximate surface area is 214 Å². The molecule has 0 aliphatic rings. The Morgan fingerprint density at radius 3 is 2.22 bits per heavy atom. The lowest BCUT2D eigenvalue weighted by Crippen LogP contribution is -2.23. The number of amides is 1. The molecule has 0 bridgehead atoms. The van der Waals surface area contributed by atoms with E-state index in [4.69, 9.17) is 15.6 Å². The van der Waals surface area contributed by atoms with Crippen LogP contribution in [0, 0.1) is 0 Å². The van der Waals surface area contributed by atoms with Crippen molar-refractivity contribution in [2.24, 2.45) is 0 Å². The molecule has 194 valence electrons. The molecule has 1 aromatic heterocycles. The van der Waals surface area contributed by atoms with Crippen LogP contribution in [0.15, 0.2) is 84.9 Å². The smallest absolute Gasteiger partial charge is 0.411 e. The summed E-state index contributed by atoms with van der Waals surface area (Å²) in [5, 5.41) is 23.4. The molecule has 0 saturated carbocycles. The monoisotopic (exact) mass is 506 g/mol. The van der Waals surface area contributed by atoms with Crippen LogP contribution >= 0.6 is 0 Å². The van der Waals surface area contributed by atoms with E-state index in [0.717, 1.165) is 18.7 Å². The van der Waals surface area contributed by atoms with Gasteiger partial charge in [0.05, 0.1) is 18.6 Å². The molecule has 3 aromatic rings. The molecule has 1 atom stereocenters. The lowest BCUT2D eigenvalue weighted by atomic mass is 9.99. The summed E-state index contributed by atoms with van der Waals surface area (Å²) in [7, 11) is 0. The number of benzene rings is 2. The van der Waals surface area contributed by atoms with E-state index in [9.17, 15) is 19.5 Å². The summed E-state index contributed by atoms with van der Waals surface area (Å²) in [6, 6.07) is 24.5. The largest absolute Gasteiger partial charge is 0.545 e. The zero-order valence-corrected chi connectivity index (χ0v) is 20.3. The highest BCUT2D eigenvalue weighted by molar-refractivity contribution is 5.88. The number of aromatic amines is 1. The minimum Gasteiger partial charge on any atom is -0.545 e. The average Bonchev–Trinajstić information content (AvgIpc) is 2.88. The fourth-order valence-electron chi connectivity index (χ4n) is 3.27. The van der Waals surface area contributed by atoms with Gasteiger partial charge in [-0.15, -0.1) is 0 Å². The van der Waals surface area contributed by atoms with Crippen LogP contribution in [0.25, 0.3) is 0 Å². The molecule has 2 aromatic carbocycles. The van der Waals surface area contributed by atoms with Crippen LogP contribution in [-0.4, -0.2) is 29.7 Å². The molecular formula is C27H30N4O6. The van der Waals surface area contributed by atoms with Gasteiger partial charge in [-0.1, -0.05) is 60.7 Å². The Morgan fingerprint density at radius 1 is 1.03 bits per heavy atom. The van der Waals surface area contributed by atoms with Crippen LogP contribution in [0.4, 0.5) is 22.1 Å². The predicted octanol–water partition coefficient (Wildman–Crippen LogP) is 2.81. The zero-order chi connectivity index (χ0) is 27.0. The van der Waals surface area contributed by atoms with Gasteiger partial charge in [0.1, 0.15) is 5.69 Å². The van der Waals surface area contributed by atoms with Crippen LogP contribution in [-0.2, 0) is 20.7 Å². The van der Waals surface area contributed by atoms with Gasteiger partial charge in [-0.3, -0.25) is 10.6 Å². The molecule has 0 aliphatic carbocycles. The fraction of sp³-hybridized carbons (Fsp3) is 0.185. The Morgan fingerprint density at radius 2 is 1.68 bits per heavy atom. The maximum Gasteiger partial charge on any atom is 0.411 e. The number of carboxylic acids is 2. The predicted molar refractivity (Wildman–Crippen MR) is 137 cm³/mol. The average molecular weight is 507 g/mol. The number of aryl methyl sites for hydroxylation is 1. The second-order valence-corrected chi connectivity index (χ2v) is 7.67. The van der Waals surface area contributed by atoms with Crippen molar-refractivity contribution in [1.82, 2.24) is 0 Å². The Balaban J connectivity index is 0.000000521. The van der Waals surface area contributed by atoms with Gasteiger partial charge in [0.2, 0.25) is 11.6 Å². The number of hydrogen-bond acceptors (Lipinski definition) is 7. The number of nitrogens with two attached hydrogens (primary N) is 1. The van der Waals surface area contributed by atoms with Crippen molar-refractivity contribution in [3.05, 3.63) is 96.1 Å². The third kappa shape index (κ3) is 11.0. The second kappa shape index (κ2) is 15.2. The molecule has 1 heterocycles. The van der Waals surface area contributed by atoms with Crippen LogP contribution in [0.5, 0.6) is 0 Å². The number of nitrogen functional groups attached to an aromatic ring is 1. The number of carboxylic acid groups (broad SMARTS) is 2. The fourth-order valence-corrected chi connectivity index (χ4v) is 3.27. The first-order valence-electron chi connectivity index (χ1n) is 11.5. The Bertz CT molecular complexity index is 1170. The van der Waals surface area contributed by atoms with Crippen molar-refractivity contribution in [2.45, 2.75) is 25.8 Å². The highest BCUT2D eigenvalue weighted by atomic mass is 16.5. The topological polar surface area (TPSA) is 168 Å². The molecule has 0 aliphatic heterocycles. The summed E-state index contributed by atoms with van der Waals surface area (Å²) in [4.78, 5) is 33.7. The summed E-state index contributed by atoms with van der Waals surface area (Å²) >= 11 is 0. The first-order valence-corrected chi connectivity index (χ1v) is 11.5. The number of aliphatic carboxylic acids is 2. The van der Waals surface area contributed by atoms with E-state index in [1.807, 2.05) is 30.3 Å². The maximum absolute atomic E-state index is 11.6. The molecule has 1 unspecified atom stereocenters. The molecule has 3 rings (SSSR count). The van der Waals surface area contributed by atoms with Gasteiger partial charge >= 0.3 is 12.1 Å². The van der Waals surface area contributed by atoms with Gasteiger partial charge in [-0.2, -0.15) is 0 Å². The molecule has 0 spiro atoms. The lowest BCUT2D eigenvalue weighted by molar-refractivity contribution is -0.342. The minimum absolute atomic E-state index is 0.107. The standard InChI is InChI=1S/C23H26N4O2.C4H4O4/c1-2-29-23(28)26-20-15-16-21(27-22(20)24)25-19(18-11-7-4-8-12-18)14-13-17-9-5-3-6-10-17;5-3(6)1-2-4(7)8/h3-12,15-16,19H,2,13-14H2,1H3,(H,26,28)(H3,24,25,27);1-2H,(H,5,6)(H,7,8)/b;2-1+. The van der Waals surface area contributed by atoms with Gasteiger partial charge < -0.3 is 25.5 Å². The number of carbonyl (C=O) groups excluding carboxylic acids is 2. The number of pyridine rings is 1. The van der Waals surface area contributed by atoms with Crippen molar-refractivity contribution in [3.63, 3.8) is 0 Å². The third-order valence-electron chi connectivity index (χ3n) is 4.95. The molecule has 6 N–H and O–H groups in total. The minimum atomic E-state index is -1.51. The normalized spacial score (nSPS) is 11.1. The van der Waals surface area contributed by atoms with E-state index in [2.05, 4.69) is 52.0 Å². The zero-order valence-electron chi connectivity index (χ0n) is 20.3. The van der Waals surface area contributed by atoms with E-state index >= 15 is 0 Å². The highest BCUT2D eigenvalue weighted by Crippen LogP contribution is 2.24. The van der Waals surface area contributed by atoms with Crippen LogP contribution in [0.2, 0.25) is 0 Å². The summed E-state index contributed by atoms with van der Waals surface area (Å²) in [5.41, 5.74) is 9.06. The van der Waals surface area contributed by atoms with Crippen LogP contribution in [0.3, 0.4) is 0 Å². The van der Waals surface area contributed by atoms with E-state index in [1.165, 1.54) is 11.1 Å². The summed E-state index contributed by atoms with van der Waals surface area (Å²) in [6.45, 7) is 2.05. The second-order valence-electron chi connectivity index (χ2n) is 7.67. The number of ether oxygens (including phenoxy) is 1. The summed E-state index contributed by atoms with van der Waals surface area (Å²) in [5.74, 6) is -1.67. The van der Waals surface area contributed by atoms with Crippen molar-refractivity contribution >= 4 is 35.4 Å². The van der Waals surface area contributed by atoms with Crippen molar-refractivity contribution < 1.29 is 34.3 Å². The third-order valence-corrected chi connectivity index (χ3v) is 4.95. The molecule has 0 saturated heterocycles. The van der Waals surface area contributed by atoms with Crippen LogP contribution in [0.1, 0.15) is 30.5 Å². The molecular weight excluding hydrogens is 476 g/mol. The van der Waals surface area contributed by atoms with E-state index in [1.54, 1.807) is 13.0 Å². The Kier molecular flexibility index (Phi) is 11.7. The number of nitrogens with one attached hydrogen (secondary N) is 3. The molecule has 1 amide bonds. The number of carbonyl (C=O) groups is 3. The van der Waals surface area contributed by atoms with Gasteiger partial charge in [-0.25, -0.2) is 14.6 Å². The van der Waals surface area contributed by atoms with E-state index in [0.29, 0.717) is 30.3 Å². The van der Waals surface area contributed by atoms with Gasteiger partial charge in [-0.05, 0) is 43.0 Å². The van der Waals surface area contributed by atoms with Crippen molar-refractivity contribution in [3.8, 4) is 0 Å². The number of rotatable bonds is 10. The molecule has 10 heteroatoms. The first kappa shape index (κ1) is 28.4. The molecule has 0 fully saturated rings. The lowest BCUT2D eigenvalue weighted by Gasteiger charge is -2.17. The first-order chi connectivity index (χ1) is 17.8. The van der Waals surface area contributed by atoms with Crippen molar-refractivity contribution in [1.29, 1.82) is 0 Å². The van der Waals surface area contributed by atoms with E-state index < -0.39 is 18.0 Å². The quantitative estimate of drug-likeness (QED) is 0.304. The van der Waals surface area contributed by atoms with Crippen LogP contribution < -0.4 is 26.5 Å². The number of H-pyrrole nitrogens is 1. The number of hydrogen-bond donors (Lipinski definition) is 4. The van der Waals surface area contributed by atoms with Gasteiger partial charge in [0.15, 0.2) is 0 Å². The Hall–Kier alpha value is -4.86. The highest BCUT2D eigenvalue weighted by Gasteiger charge is 2.17. The number of anilines is 3. The summed E-state index contributed by atoms with van der Waals surface area (Å²) in [6.07, 6.45) is 2.28. The van der Waals surface area contributed by atoms with Gasteiger partial charge in [0, 0.05) is 12.1 Å². The summed E-state index contributed by atoms with van der Waals surface area (Å²) < 4.78 is 4.89. The SMILES string of the molecule is CCOC(=O)Nc1ccc(NC(CCc2ccccc2)c2ccccc2)[nH+]c1N.O=C([O-])/C=C/C(=O)O. The van der Waals surface area contributed by atoms with Crippen molar-refractivity contribution in [2.75, 3.05) is 23.0 Å². The van der Waals surface area contributed by atoms with Gasteiger partial charge in [0.25, 0.3) is 0 Å². The molecule has 37 heavy (non-hydrogen) atoms. The molecule has 0 radical (unpaired) electrons. The number of aromatic nitrogens is 1.